The maximum absolute atomic E-state index is 5.86. The van der Waals surface area contributed by atoms with E-state index >= 15 is 0 Å². The van der Waals surface area contributed by atoms with Crippen LogP contribution in [0.25, 0.3) is 0 Å². The number of nitrogens with zero attached hydrogens (tertiary/aromatic N) is 2. The van der Waals surface area contributed by atoms with Gasteiger partial charge in [0.15, 0.2) is 0 Å². The summed E-state index contributed by atoms with van der Waals surface area (Å²) in [6.45, 7) is 6.06. The minimum absolute atomic E-state index is 0.509. The van der Waals surface area contributed by atoms with E-state index in [0.29, 0.717) is 6.04 Å². The van der Waals surface area contributed by atoms with E-state index < -0.39 is 0 Å². The number of hydrogen-bond donors (Lipinski definition) is 1. The van der Waals surface area contributed by atoms with Crippen LogP contribution in [-0.2, 0) is 0 Å². The van der Waals surface area contributed by atoms with Gasteiger partial charge in [-0.15, -0.1) is 0 Å². The Morgan fingerprint density at radius 2 is 2.25 bits per heavy atom. The molecule has 0 bridgehead atoms. The van der Waals surface area contributed by atoms with Gasteiger partial charge >= 0.3 is 0 Å². The van der Waals surface area contributed by atoms with Crippen molar-refractivity contribution in [3.05, 3.63) is 23.5 Å². The maximum atomic E-state index is 5.86. The SMILES string of the molecule is Cc1cc(N2CCCCC2CN)c(C)cn1. The van der Waals surface area contributed by atoms with Crippen LogP contribution in [0.5, 0.6) is 0 Å². The largest absolute Gasteiger partial charge is 0.367 e. The molecule has 16 heavy (non-hydrogen) atoms. The molecule has 3 heteroatoms. The van der Waals surface area contributed by atoms with Gasteiger partial charge in [0.2, 0.25) is 0 Å². The molecule has 0 radical (unpaired) electrons. The van der Waals surface area contributed by atoms with Gasteiger partial charge in [0, 0.05) is 36.7 Å². The minimum atomic E-state index is 0.509. The molecule has 3 nitrogen and oxygen atoms in total. The van der Waals surface area contributed by atoms with Crippen molar-refractivity contribution in [2.75, 3.05) is 18.0 Å². The van der Waals surface area contributed by atoms with E-state index in [0.717, 1.165) is 18.8 Å². The first-order valence-electron chi connectivity index (χ1n) is 6.12. The van der Waals surface area contributed by atoms with E-state index in [4.69, 9.17) is 5.73 Å². The van der Waals surface area contributed by atoms with Crippen LogP contribution < -0.4 is 10.6 Å². The molecule has 0 saturated carbocycles. The smallest absolute Gasteiger partial charge is 0.0432 e. The Kier molecular flexibility index (Phi) is 3.44. The highest BCUT2D eigenvalue weighted by atomic mass is 15.2. The van der Waals surface area contributed by atoms with Gasteiger partial charge in [-0.25, -0.2) is 0 Å². The molecule has 1 aliphatic heterocycles. The van der Waals surface area contributed by atoms with Crippen LogP contribution in [0.4, 0.5) is 5.69 Å². The Labute approximate surface area is 97.7 Å². The first-order chi connectivity index (χ1) is 7.72. The topological polar surface area (TPSA) is 42.1 Å². The maximum Gasteiger partial charge on any atom is 0.0432 e. The predicted octanol–water partition coefficient (Wildman–Crippen LogP) is 2.02. The molecule has 1 aromatic rings. The standard InChI is InChI=1S/C13H21N3/c1-10-9-15-11(2)7-13(10)16-6-4-3-5-12(16)8-14/h7,9,12H,3-6,8,14H2,1-2H3. The van der Waals surface area contributed by atoms with Gasteiger partial charge in [-0.05, 0) is 44.7 Å². The van der Waals surface area contributed by atoms with Crippen molar-refractivity contribution in [2.45, 2.75) is 39.2 Å². The molecule has 0 spiro atoms. The molecule has 0 aromatic carbocycles. The third-order valence-electron chi connectivity index (χ3n) is 3.42. The molecule has 1 aromatic heterocycles. The number of aromatic nitrogens is 1. The summed E-state index contributed by atoms with van der Waals surface area (Å²) in [7, 11) is 0. The van der Waals surface area contributed by atoms with Crippen LogP contribution in [0.15, 0.2) is 12.3 Å². The van der Waals surface area contributed by atoms with Gasteiger partial charge in [-0.2, -0.15) is 0 Å². The predicted molar refractivity (Wildman–Crippen MR) is 67.8 cm³/mol. The summed E-state index contributed by atoms with van der Waals surface area (Å²) in [6.07, 6.45) is 5.77. The summed E-state index contributed by atoms with van der Waals surface area (Å²) in [5.41, 5.74) is 9.52. The molecule has 1 aliphatic rings. The Morgan fingerprint density at radius 3 is 3.00 bits per heavy atom. The van der Waals surface area contributed by atoms with Crippen LogP contribution >= 0.6 is 0 Å². The Morgan fingerprint density at radius 1 is 1.44 bits per heavy atom. The lowest BCUT2D eigenvalue weighted by atomic mass is 10.0. The molecule has 1 unspecified atom stereocenters. The second kappa shape index (κ2) is 4.83. The van der Waals surface area contributed by atoms with Gasteiger partial charge in [-0.3, -0.25) is 4.98 Å². The van der Waals surface area contributed by atoms with E-state index in [1.165, 1.54) is 30.5 Å². The molecule has 88 valence electrons. The van der Waals surface area contributed by atoms with Crippen LogP contribution in [0.3, 0.4) is 0 Å². The first-order valence-corrected chi connectivity index (χ1v) is 6.12. The van der Waals surface area contributed by atoms with Crippen LogP contribution in [0.2, 0.25) is 0 Å². The average Bonchev–Trinajstić information content (AvgIpc) is 2.32. The summed E-state index contributed by atoms with van der Waals surface area (Å²) in [5, 5.41) is 0. The Balaban J connectivity index is 2.30. The lowest BCUT2D eigenvalue weighted by molar-refractivity contribution is 0.464. The third-order valence-corrected chi connectivity index (χ3v) is 3.42. The first kappa shape index (κ1) is 11.4. The number of rotatable bonds is 2. The molecule has 1 saturated heterocycles. The fraction of sp³-hybridized carbons (Fsp3) is 0.615. The fourth-order valence-corrected chi connectivity index (χ4v) is 2.49. The lowest BCUT2D eigenvalue weighted by Gasteiger charge is -2.37. The number of pyridine rings is 1. The van der Waals surface area contributed by atoms with Crippen molar-refractivity contribution in [2.24, 2.45) is 5.73 Å². The summed E-state index contributed by atoms with van der Waals surface area (Å²) in [6, 6.07) is 2.69. The highest BCUT2D eigenvalue weighted by molar-refractivity contribution is 5.54. The quantitative estimate of drug-likeness (QED) is 0.827. The minimum Gasteiger partial charge on any atom is -0.367 e. The second-order valence-corrected chi connectivity index (χ2v) is 4.69. The van der Waals surface area contributed by atoms with E-state index in [-0.39, 0.29) is 0 Å². The molecule has 2 rings (SSSR count). The zero-order valence-electron chi connectivity index (χ0n) is 10.2. The van der Waals surface area contributed by atoms with E-state index in [1.54, 1.807) is 0 Å². The van der Waals surface area contributed by atoms with Gasteiger partial charge in [0.25, 0.3) is 0 Å². The number of anilines is 1. The van der Waals surface area contributed by atoms with Crippen molar-refractivity contribution in [1.29, 1.82) is 0 Å². The molecule has 2 heterocycles. The fourth-order valence-electron chi connectivity index (χ4n) is 2.49. The third kappa shape index (κ3) is 2.19. The van der Waals surface area contributed by atoms with Crippen LogP contribution in [0.1, 0.15) is 30.5 Å². The van der Waals surface area contributed by atoms with E-state index in [2.05, 4.69) is 22.9 Å². The van der Waals surface area contributed by atoms with Crippen molar-refractivity contribution in [1.82, 2.24) is 4.98 Å². The molecule has 2 N–H and O–H groups in total. The molecular weight excluding hydrogens is 198 g/mol. The molecule has 1 atom stereocenters. The number of hydrogen-bond acceptors (Lipinski definition) is 3. The zero-order chi connectivity index (χ0) is 11.5. The van der Waals surface area contributed by atoms with Gasteiger partial charge < -0.3 is 10.6 Å². The van der Waals surface area contributed by atoms with Gasteiger partial charge in [-0.1, -0.05) is 0 Å². The zero-order valence-corrected chi connectivity index (χ0v) is 10.2. The number of aryl methyl sites for hydroxylation is 2. The van der Waals surface area contributed by atoms with Gasteiger partial charge in [0.1, 0.15) is 0 Å². The summed E-state index contributed by atoms with van der Waals surface area (Å²) in [5.74, 6) is 0. The average molecular weight is 219 g/mol. The molecular formula is C13H21N3. The normalized spacial score (nSPS) is 21.2. The van der Waals surface area contributed by atoms with Crippen LogP contribution in [0, 0.1) is 13.8 Å². The van der Waals surface area contributed by atoms with E-state index in [1.807, 2.05) is 13.1 Å². The number of nitrogens with two attached hydrogens (primary N) is 1. The highest BCUT2D eigenvalue weighted by Gasteiger charge is 2.22. The van der Waals surface area contributed by atoms with Gasteiger partial charge in [0.05, 0.1) is 0 Å². The van der Waals surface area contributed by atoms with Crippen molar-refractivity contribution >= 4 is 5.69 Å². The number of piperidine rings is 1. The van der Waals surface area contributed by atoms with Crippen LogP contribution in [-0.4, -0.2) is 24.1 Å². The summed E-state index contributed by atoms with van der Waals surface area (Å²) < 4.78 is 0. The highest BCUT2D eigenvalue weighted by Crippen LogP contribution is 2.27. The van der Waals surface area contributed by atoms with E-state index in [9.17, 15) is 0 Å². The summed E-state index contributed by atoms with van der Waals surface area (Å²) in [4.78, 5) is 6.79. The Hall–Kier alpha value is -1.09. The Bertz CT molecular complexity index is 362. The van der Waals surface area contributed by atoms with Crippen molar-refractivity contribution in [3.8, 4) is 0 Å². The molecule has 0 aliphatic carbocycles. The monoisotopic (exact) mass is 219 g/mol. The summed E-state index contributed by atoms with van der Waals surface area (Å²) >= 11 is 0. The van der Waals surface area contributed by atoms with Crippen molar-refractivity contribution < 1.29 is 0 Å². The molecule has 1 fully saturated rings. The molecule has 0 amide bonds. The second-order valence-electron chi connectivity index (χ2n) is 4.69. The lowest BCUT2D eigenvalue weighted by Crippen LogP contribution is -2.44. The van der Waals surface area contributed by atoms with Crippen molar-refractivity contribution in [3.63, 3.8) is 0 Å².